The van der Waals surface area contributed by atoms with E-state index in [1.54, 1.807) is 18.6 Å². The van der Waals surface area contributed by atoms with Crippen LogP contribution in [0.25, 0.3) is 0 Å². The van der Waals surface area contributed by atoms with Gasteiger partial charge in [-0.2, -0.15) is 0 Å². The number of nitrogens with zero attached hydrogens (tertiary/aromatic N) is 6. The van der Waals surface area contributed by atoms with Gasteiger partial charge in [0.15, 0.2) is 0 Å². The molecule has 0 saturated carbocycles. The Kier molecular flexibility index (Phi) is 4.79. The summed E-state index contributed by atoms with van der Waals surface area (Å²) in [4.78, 5) is 24.2. The molecule has 1 fully saturated rings. The second-order valence-corrected chi connectivity index (χ2v) is 6.43. The maximum Gasteiger partial charge on any atom is 0.150 e. The third-order valence-corrected chi connectivity index (χ3v) is 4.49. The van der Waals surface area contributed by atoms with Crippen molar-refractivity contribution in [2.75, 3.05) is 11.9 Å². The van der Waals surface area contributed by atoms with Gasteiger partial charge in [0.1, 0.15) is 17.5 Å². The minimum atomic E-state index is 0.291. The van der Waals surface area contributed by atoms with Gasteiger partial charge < -0.3 is 5.32 Å². The van der Waals surface area contributed by atoms with Gasteiger partial charge in [0.05, 0.1) is 17.9 Å². The van der Waals surface area contributed by atoms with E-state index in [-0.39, 0.29) is 0 Å². The molecule has 1 aliphatic heterocycles. The lowest BCUT2D eigenvalue weighted by Gasteiger charge is -2.24. The summed E-state index contributed by atoms with van der Waals surface area (Å²) in [6, 6.07) is 6.42. The molecule has 0 bridgehead atoms. The molecule has 0 radical (unpaired) electrons. The number of aryl methyl sites for hydroxylation is 1. The van der Waals surface area contributed by atoms with Crippen LogP contribution in [0.2, 0.25) is 0 Å². The first-order chi connectivity index (χ1) is 12.8. The van der Waals surface area contributed by atoms with E-state index < -0.39 is 0 Å². The van der Waals surface area contributed by atoms with E-state index in [0.717, 1.165) is 36.8 Å². The van der Waals surface area contributed by atoms with Crippen molar-refractivity contribution in [3.63, 3.8) is 0 Å². The Balaban J connectivity index is 1.56. The average molecular weight is 347 g/mol. The number of hydrogen-bond acceptors (Lipinski definition) is 7. The average Bonchev–Trinajstić information content (AvgIpc) is 3.11. The number of aromatic nitrogens is 5. The number of likely N-dealkylation sites (tertiary alicyclic amines) is 1. The van der Waals surface area contributed by atoms with Crippen LogP contribution in [0.5, 0.6) is 0 Å². The highest BCUT2D eigenvalue weighted by Gasteiger charge is 2.27. The van der Waals surface area contributed by atoms with Gasteiger partial charge in [-0.05, 0) is 37.9 Å². The summed E-state index contributed by atoms with van der Waals surface area (Å²) in [7, 11) is 0. The molecule has 0 amide bonds. The molecule has 0 spiro atoms. The van der Waals surface area contributed by atoms with Gasteiger partial charge in [-0.1, -0.05) is 6.07 Å². The second kappa shape index (κ2) is 7.53. The number of rotatable bonds is 5. The summed E-state index contributed by atoms with van der Waals surface area (Å²) >= 11 is 0. The van der Waals surface area contributed by atoms with Crippen molar-refractivity contribution < 1.29 is 0 Å². The van der Waals surface area contributed by atoms with Crippen LogP contribution >= 0.6 is 0 Å². The van der Waals surface area contributed by atoms with Crippen molar-refractivity contribution in [2.24, 2.45) is 0 Å². The molecule has 3 aromatic heterocycles. The molecule has 1 atom stereocenters. The first-order valence-electron chi connectivity index (χ1n) is 8.79. The molecule has 7 heteroatoms. The SMILES string of the molecule is Cc1nc(Nc2cnccn2)cc(C2CCCN2Cc2cccnc2)n1. The van der Waals surface area contributed by atoms with E-state index in [4.69, 9.17) is 4.98 Å². The fourth-order valence-corrected chi connectivity index (χ4v) is 3.40. The van der Waals surface area contributed by atoms with Crippen LogP contribution < -0.4 is 5.32 Å². The van der Waals surface area contributed by atoms with Gasteiger partial charge >= 0.3 is 0 Å². The van der Waals surface area contributed by atoms with E-state index in [0.29, 0.717) is 11.9 Å². The lowest BCUT2D eigenvalue weighted by molar-refractivity contribution is 0.244. The molecule has 1 unspecified atom stereocenters. The topological polar surface area (TPSA) is 79.7 Å². The highest BCUT2D eigenvalue weighted by Crippen LogP contribution is 2.33. The molecular formula is C19H21N7. The standard InChI is InChI=1S/C19H21N7/c1-14-23-16(10-18(24-14)25-19-12-21-7-8-22-19)17-5-3-9-26(17)13-15-4-2-6-20-11-15/h2,4,6-8,10-12,17H,3,5,9,13H2,1H3,(H,22,23,24,25). The van der Waals surface area contributed by atoms with Gasteiger partial charge in [0.25, 0.3) is 0 Å². The largest absolute Gasteiger partial charge is 0.324 e. The summed E-state index contributed by atoms with van der Waals surface area (Å²) in [5.41, 5.74) is 2.27. The van der Waals surface area contributed by atoms with Crippen LogP contribution in [-0.4, -0.2) is 36.4 Å². The van der Waals surface area contributed by atoms with E-state index in [2.05, 4.69) is 36.2 Å². The van der Waals surface area contributed by atoms with Gasteiger partial charge in [-0.3, -0.25) is 14.9 Å². The highest BCUT2D eigenvalue weighted by atomic mass is 15.2. The van der Waals surface area contributed by atoms with Crippen molar-refractivity contribution in [2.45, 2.75) is 32.4 Å². The van der Waals surface area contributed by atoms with Gasteiger partial charge in [-0.25, -0.2) is 15.0 Å². The van der Waals surface area contributed by atoms with Crippen LogP contribution in [0.15, 0.2) is 49.2 Å². The Labute approximate surface area is 152 Å². The molecule has 7 nitrogen and oxygen atoms in total. The summed E-state index contributed by atoms with van der Waals surface area (Å²) < 4.78 is 0. The molecule has 26 heavy (non-hydrogen) atoms. The Bertz CT molecular complexity index is 854. The zero-order valence-corrected chi connectivity index (χ0v) is 14.7. The van der Waals surface area contributed by atoms with E-state index in [1.807, 2.05) is 31.5 Å². The lowest BCUT2D eigenvalue weighted by Crippen LogP contribution is -2.24. The van der Waals surface area contributed by atoms with Gasteiger partial charge in [0, 0.05) is 37.4 Å². The quantitative estimate of drug-likeness (QED) is 0.760. The smallest absolute Gasteiger partial charge is 0.150 e. The van der Waals surface area contributed by atoms with Crippen molar-refractivity contribution in [3.05, 3.63) is 66.3 Å². The molecule has 0 aromatic carbocycles. The van der Waals surface area contributed by atoms with Gasteiger partial charge in [0.2, 0.25) is 0 Å². The molecule has 1 aliphatic rings. The first kappa shape index (κ1) is 16.5. The van der Waals surface area contributed by atoms with Crippen molar-refractivity contribution in [1.29, 1.82) is 0 Å². The lowest BCUT2D eigenvalue weighted by atomic mass is 10.1. The molecule has 1 saturated heterocycles. The van der Waals surface area contributed by atoms with Crippen LogP contribution in [0.1, 0.15) is 36.0 Å². The molecule has 0 aliphatic carbocycles. The number of anilines is 2. The van der Waals surface area contributed by atoms with Crippen LogP contribution in [0.4, 0.5) is 11.6 Å². The molecule has 1 N–H and O–H groups in total. The van der Waals surface area contributed by atoms with Crippen molar-refractivity contribution in [1.82, 2.24) is 29.8 Å². The fourth-order valence-electron chi connectivity index (χ4n) is 3.40. The predicted octanol–water partition coefficient (Wildman–Crippen LogP) is 3.05. The summed E-state index contributed by atoms with van der Waals surface area (Å²) in [5, 5.41) is 3.22. The maximum absolute atomic E-state index is 4.70. The third kappa shape index (κ3) is 3.83. The van der Waals surface area contributed by atoms with Crippen LogP contribution in [-0.2, 0) is 6.54 Å². The fraction of sp³-hybridized carbons (Fsp3) is 0.316. The van der Waals surface area contributed by atoms with Crippen LogP contribution in [0, 0.1) is 6.92 Å². The predicted molar refractivity (Wildman–Crippen MR) is 98.7 cm³/mol. The van der Waals surface area contributed by atoms with Crippen LogP contribution in [0.3, 0.4) is 0 Å². The van der Waals surface area contributed by atoms with E-state index in [9.17, 15) is 0 Å². The number of hydrogen-bond donors (Lipinski definition) is 1. The first-order valence-corrected chi connectivity index (χ1v) is 8.79. The van der Waals surface area contributed by atoms with E-state index >= 15 is 0 Å². The van der Waals surface area contributed by atoms with E-state index in [1.165, 1.54) is 12.0 Å². The maximum atomic E-state index is 4.70. The monoisotopic (exact) mass is 347 g/mol. The minimum Gasteiger partial charge on any atom is -0.324 e. The molecule has 132 valence electrons. The minimum absolute atomic E-state index is 0.291. The number of nitrogens with one attached hydrogen (secondary N) is 1. The highest BCUT2D eigenvalue weighted by molar-refractivity contribution is 5.50. The van der Waals surface area contributed by atoms with Crippen molar-refractivity contribution >= 4 is 11.6 Å². The number of pyridine rings is 1. The molecule has 4 rings (SSSR count). The normalized spacial score (nSPS) is 17.3. The summed E-state index contributed by atoms with van der Waals surface area (Å²) in [5.74, 6) is 2.18. The Morgan fingerprint density at radius 3 is 2.85 bits per heavy atom. The third-order valence-electron chi connectivity index (χ3n) is 4.49. The summed E-state index contributed by atoms with van der Waals surface area (Å²) in [6.45, 7) is 3.87. The Morgan fingerprint density at radius 1 is 1.12 bits per heavy atom. The molecule has 4 heterocycles. The second-order valence-electron chi connectivity index (χ2n) is 6.43. The molecular weight excluding hydrogens is 326 g/mol. The Morgan fingerprint density at radius 2 is 2.04 bits per heavy atom. The zero-order valence-electron chi connectivity index (χ0n) is 14.7. The molecule has 3 aromatic rings. The Hall–Kier alpha value is -2.93. The van der Waals surface area contributed by atoms with Gasteiger partial charge in [-0.15, -0.1) is 0 Å². The summed E-state index contributed by atoms with van der Waals surface area (Å²) in [6.07, 6.45) is 11.0. The van der Waals surface area contributed by atoms with Crippen molar-refractivity contribution in [3.8, 4) is 0 Å². The zero-order chi connectivity index (χ0) is 17.8.